The lowest BCUT2D eigenvalue weighted by Gasteiger charge is -2.23. The van der Waals surface area contributed by atoms with Crippen molar-refractivity contribution in [2.45, 2.75) is 6.04 Å². The van der Waals surface area contributed by atoms with Gasteiger partial charge in [0.25, 0.3) is 11.8 Å². The summed E-state index contributed by atoms with van der Waals surface area (Å²) in [5.74, 6) is -0.500. The molecule has 0 aliphatic rings. The normalized spacial score (nSPS) is 12.0. The molecule has 6 nitrogen and oxygen atoms in total. The van der Waals surface area contributed by atoms with Crippen LogP contribution in [-0.4, -0.2) is 44.0 Å². The molecule has 0 spiro atoms. The molecule has 0 unspecified atom stereocenters. The molecule has 1 atom stereocenters. The van der Waals surface area contributed by atoms with E-state index in [1.54, 1.807) is 35.6 Å². The second kappa shape index (κ2) is 8.47. The molecule has 0 aliphatic heterocycles. The van der Waals surface area contributed by atoms with Crippen molar-refractivity contribution in [1.29, 1.82) is 0 Å². The van der Waals surface area contributed by atoms with E-state index in [4.69, 9.17) is 10.5 Å². The van der Waals surface area contributed by atoms with Crippen LogP contribution in [0.4, 0.5) is 0 Å². The van der Waals surface area contributed by atoms with Gasteiger partial charge in [-0.3, -0.25) is 9.59 Å². The molecule has 1 heterocycles. The molecule has 2 amide bonds. The number of nitrogens with two attached hydrogens (primary N) is 1. The van der Waals surface area contributed by atoms with E-state index < -0.39 is 5.91 Å². The van der Waals surface area contributed by atoms with Gasteiger partial charge in [0.15, 0.2) is 6.61 Å². The topological polar surface area (TPSA) is 84.7 Å². The van der Waals surface area contributed by atoms with Crippen molar-refractivity contribution in [3.63, 3.8) is 0 Å². The number of nitrogens with zero attached hydrogens (tertiary/aromatic N) is 1. The smallest absolute Gasteiger partial charge is 0.255 e. The van der Waals surface area contributed by atoms with Crippen molar-refractivity contribution in [3.05, 3.63) is 52.2 Å². The molecule has 128 valence electrons. The number of thiophene rings is 1. The van der Waals surface area contributed by atoms with Gasteiger partial charge in [-0.25, -0.2) is 0 Å². The maximum atomic E-state index is 12.5. The first-order chi connectivity index (χ1) is 11.5. The Labute approximate surface area is 145 Å². The lowest BCUT2D eigenvalue weighted by Crippen LogP contribution is -2.34. The summed E-state index contributed by atoms with van der Waals surface area (Å²) in [5, 5.41) is 4.94. The minimum atomic E-state index is -0.587. The number of primary amides is 1. The van der Waals surface area contributed by atoms with Gasteiger partial charge in [0, 0.05) is 11.4 Å². The Balaban J connectivity index is 2.05. The third-order valence-corrected chi connectivity index (χ3v) is 4.43. The minimum Gasteiger partial charge on any atom is -0.483 e. The summed E-state index contributed by atoms with van der Waals surface area (Å²) in [7, 11) is 3.95. The molecule has 3 N–H and O–H groups in total. The molecule has 2 rings (SSSR count). The van der Waals surface area contributed by atoms with Crippen molar-refractivity contribution in [3.8, 4) is 5.75 Å². The monoisotopic (exact) mass is 347 g/mol. The number of ether oxygens (including phenoxy) is 1. The zero-order valence-electron chi connectivity index (χ0n) is 13.7. The fourth-order valence-electron chi connectivity index (χ4n) is 2.23. The van der Waals surface area contributed by atoms with Crippen molar-refractivity contribution in [2.75, 3.05) is 27.2 Å². The van der Waals surface area contributed by atoms with Gasteiger partial charge in [-0.2, -0.15) is 0 Å². The average molecular weight is 347 g/mol. The van der Waals surface area contributed by atoms with E-state index in [1.807, 2.05) is 31.6 Å². The van der Waals surface area contributed by atoms with Gasteiger partial charge in [-0.15, -0.1) is 11.3 Å². The number of para-hydroxylation sites is 1. The molecular weight excluding hydrogens is 326 g/mol. The van der Waals surface area contributed by atoms with Crippen molar-refractivity contribution < 1.29 is 14.3 Å². The Morgan fingerprint density at radius 3 is 2.62 bits per heavy atom. The fourth-order valence-corrected chi connectivity index (χ4v) is 3.15. The van der Waals surface area contributed by atoms with Gasteiger partial charge in [0.1, 0.15) is 5.75 Å². The van der Waals surface area contributed by atoms with Gasteiger partial charge >= 0.3 is 0 Å². The van der Waals surface area contributed by atoms with Crippen LogP contribution in [-0.2, 0) is 4.79 Å². The zero-order chi connectivity index (χ0) is 17.5. The lowest BCUT2D eigenvalue weighted by atomic mass is 10.1. The first-order valence-electron chi connectivity index (χ1n) is 7.47. The number of carbonyl (C=O) groups excluding carboxylic acids is 2. The molecule has 0 fully saturated rings. The van der Waals surface area contributed by atoms with Gasteiger partial charge in [-0.1, -0.05) is 18.2 Å². The first kappa shape index (κ1) is 18.0. The quantitative estimate of drug-likeness (QED) is 0.760. The maximum Gasteiger partial charge on any atom is 0.255 e. The van der Waals surface area contributed by atoms with Gasteiger partial charge in [-0.05, 0) is 37.7 Å². The summed E-state index contributed by atoms with van der Waals surface area (Å²) >= 11 is 1.65. The number of carbonyl (C=O) groups is 2. The van der Waals surface area contributed by atoms with Gasteiger partial charge < -0.3 is 20.7 Å². The zero-order valence-corrected chi connectivity index (χ0v) is 14.5. The average Bonchev–Trinajstić information content (AvgIpc) is 3.07. The molecule has 7 heteroatoms. The highest BCUT2D eigenvalue weighted by Gasteiger charge is 2.18. The van der Waals surface area contributed by atoms with E-state index >= 15 is 0 Å². The predicted molar refractivity (Wildman–Crippen MR) is 94.2 cm³/mol. The molecule has 0 radical (unpaired) electrons. The SMILES string of the molecule is CN(C)[C@@H](CNC(=O)c1ccccc1OCC(N)=O)c1cccs1. The molecule has 2 aromatic rings. The summed E-state index contributed by atoms with van der Waals surface area (Å²) in [5.41, 5.74) is 5.46. The molecule has 0 saturated carbocycles. The Hall–Kier alpha value is -2.38. The minimum absolute atomic E-state index is 0.0904. The van der Waals surface area contributed by atoms with Crippen LogP contribution in [0.3, 0.4) is 0 Å². The summed E-state index contributed by atoms with van der Waals surface area (Å²) in [4.78, 5) is 26.6. The third kappa shape index (κ3) is 4.81. The van der Waals surface area contributed by atoms with Crippen molar-refractivity contribution in [1.82, 2.24) is 10.2 Å². The highest BCUT2D eigenvalue weighted by molar-refractivity contribution is 7.10. The standard InChI is InChI=1S/C17H21N3O3S/c1-20(2)13(15-8-5-9-24-15)10-19-17(22)12-6-3-4-7-14(12)23-11-16(18)21/h3-9,13H,10-11H2,1-2H3,(H2,18,21)(H,19,22)/t13-/m0/s1. The largest absolute Gasteiger partial charge is 0.483 e. The number of likely N-dealkylation sites (N-methyl/N-ethyl adjacent to an activating group) is 1. The maximum absolute atomic E-state index is 12.5. The summed E-state index contributed by atoms with van der Waals surface area (Å²) < 4.78 is 5.30. The summed E-state index contributed by atoms with van der Waals surface area (Å²) in [6, 6.07) is 10.9. The molecule has 0 aliphatic carbocycles. The Kier molecular flexibility index (Phi) is 6.34. The number of hydrogen-bond acceptors (Lipinski definition) is 5. The highest BCUT2D eigenvalue weighted by atomic mass is 32.1. The number of rotatable bonds is 8. The number of hydrogen-bond donors (Lipinski definition) is 2. The van der Waals surface area contributed by atoms with Crippen LogP contribution in [0.2, 0.25) is 0 Å². The second-order valence-corrected chi connectivity index (χ2v) is 6.44. The fraction of sp³-hybridized carbons (Fsp3) is 0.294. The molecule has 0 saturated heterocycles. The van der Waals surface area contributed by atoms with Crippen LogP contribution in [0.5, 0.6) is 5.75 Å². The lowest BCUT2D eigenvalue weighted by molar-refractivity contribution is -0.119. The summed E-state index contributed by atoms with van der Waals surface area (Å²) in [6.45, 7) is 0.205. The third-order valence-electron chi connectivity index (χ3n) is 3.45. The highest BCUT2D eigenvalue weighted by Crippen LogP contribution is 2.23. The van der Waals surface area contributed by atoms with Crippen molar-refractivity contribution >= 4 is 23.2 Å². The van der Waals surface area contributed by atoms with E-state index in [9.17, 15) is 9.59 Å². The van der Waals surface area contributed by atoms with Crippen LogP contribution in [0.15, 0.2) is 41.8 Å². The Morgan fingerprint density at radius 2 is 2.00 bits per heavy atom. The van der Waals surface area contributed by atoms with Gasteiger partial charge in [0.2, 0.25) is 0 Å². The first-order valence-corrected chi connectivity index (χ1v) is 8.35. The predicted octanol–water partition coefficient (Wildman–Crippen LogP) is 1.64. The molecule has 24 heavy (non-hydrogen) atoms. The molecule has 0 bridgehead atoms. The Bertz CT molecular complexity index is 686. The van der Waals surface area contributed by atoms with E-state index in [0.29, 0.717) is 17.9 Å². The van der Waals surface area contributed by atoms with Crippen LogP contribution < -0.4 is 15.8 Å². The van der Waals surface area contributed by atoms with Crippen LogP contribution in [0.25, 0.3) is 0 Å². The molecule has 1 aromatic heterocycles. The summed E-state index contributed by atoms with van der Waals surface area (Å²) in [6.07, 6.45) is 0. The van der Waals surface area contributed by atoms with Crippen LogP contribution in [0.1, 0.15) is 21.3 Å². The molecule has 1 aromatic carbocycles. The van der Waals surface area contributed by atoms with Crippen LogP contribution in [0, 0.1) is 0 Å². The molecular formula is C17H21N3O3S. The number of amides is 2. The number of benzene rings is 1. The Morgan fingerprint density at radius 1 is 1.25 bits per heavy atom. The van der Waals surface area contributed by atoms with E-state index in [-0.39, 0.29) is 18.6 Å². The number of nitrogens with one attached hydrogen (secondary N) is 1. The second-order valence-electron chi connectivity index (χ2n) is 5.46. The van der Waals surface area contributed by atoms with E-state index in [2.05, 4.69) is 10.2 Å². The van der Waals surface area contributed by atoms with Gasteiger partial charge in [0.05, 0.1) is 11.6 Å². The van der Waals surface area contributed by atoms with E-state index in [0.717, 1.165) is 0 Å². The van der Waals surface area contributed by atoms with Crippen molar-refractivity contribution in [2.24, 2.45) is 5.73 Å². The van der Waals surface area contributed by atoms with E-state index in [1.165, 1.54) is 4.88 Å². The van der Waals surface area contributed by atoms with Crippen LogP contribution >= 0.6 is 11.3 Å².